The number of carboxylic acids is 1. The van der Waals surface area contributed by atoms with Crippen LogP contribution in [0.1, 0.15) is 29.3 Å². The number of amides is 1. The number of methoxy groups -OCH3 is 1. The number of aryl methyl sites for hydroxylation is 1. The van der Waals surface area contributed by atoms with E-state index < -0.39 is 11.5 Å². The van der Waals surface area contributed by atoms with Crippen molar-refractivity contribution in [3.05, 3.63) is 34.3 Å². The summed E-state index contributed by atoms with van der Waals surface area (Å²) in [7, 11) is 1.45. The van der Waals surface area contributed by atoms with Crippen LogP contribution in [0.25, 0.3) is 0 Å². The molecule has 0 aliphatic rings. The molecule has 1 aromatic rings. The molecule has 20 heavy (non-hydrogen) atoms. The largest absolute Gasteiger partial charge is 0.481 e. The first-order valence-electron chi connectivity index (χ1n) is 6.07. The number of nitrogens with one attached hydrogen (secondary N) is 1. The number of carbonyl (C=O) groups excluding carboxylic acids is 1. The molecular formula is C14H18ClNO4. The maximum Gasteiger partial charge on any atom is 0.305 e. The lowest BCUT2D eigenvalue weighted by atomic mass is 9.98. The van der Waals surface area contributed by atoms with Crippen LogP contribution >= 0.6 is 11.6 Å². The number of halogens is 1. The molecule has 0 aromatic heterocycles. The molecular weight excluding hydrogens is 282 g/mol. The zero-order chi connectivity index (χ0) is 15.3. The van der Waals surface area contributed by atoms with Crippen LogP contribution in [-0.2, 0) is 9.53 Å². The fourth-order valence-electron chi connectivity index (χ4n) is 1.86. The zero-order valence-corrected chi connectivity index (χ0v) is 12.5. The summed E-state index contributed by atoms with van der Waals surface area (Å²) in [5, 5.41) is 12.1. The molecule has 0 saturated carbocycles. The Bertz CT molecular complexity index is 518. The predicted molar refractivity (Wildman–Crippen MR) is 76.2 cm³/mol. The van der Waals surface area contributed by atoms with Gasteiger partial charge in [-0.05, 0) is 31.5 Å². The molecule has 1 amide bonds. The Hall–Kier alpha value is -1.59. The van der Waals surface area contributed by atoms with Gasteiger partial charge >= 0.3 is 5.97 Å². The summed E-state index contributed by atoms with van der Waals surface area (Å²) in [6.45, 7) is 3.56. The Morgan fingerprint density at radius 1 is 1.45 bits per heavy atom. The molecule has 1 rings (SSSR count). The van der Waals surface area contributed by atoms with Crippen molar-refractivity contribution in [1.82, 2.24) is 5.32 Å². The molecule has 6 heteroatoms. The quantitative estimate of drug-likeness (QED) is 0.845. The Morgan fingerprint density at radius 2 is 2.10 bits per heavy atom. The number of ether oxygens (including phenoxy) is 1. The van der Waals surface area contributed by atoms with Crippen molar-refractivity contribution in [2.24, 2.45) is 0 Å². The first-order valence-corrected chi connectivity index (χ1v) is 6.44. The zero-order valence-electron chi connectivity index (χ0n) is 11.7. The Kier molecular flexibility index (Phi) is 5.53. The smallest absolute Gasteiger partial charge is 0.305 e. The molecule has 0 saturated heterocycles. The van der Waals surface area contributed by atoms with Gasteiger partial charge in [0.1, 0.15) is 0 Å². The normalized spacial score (nSPS) is 13.6. The topological polar surface area (TPSA) is 75.6 Å². The molecule has 0 heterocycles. The third kappa shape index (κ3) is 4.51. The van der Waals surface area contributed by atoms with Crippen molar-refractivity contribution >= 4 is 23.5 Å². The van der Waals surface area contributed by atoms with Gasteiger partial charge in [0, 0.05) is 17.7 Å². The molecule has 0 radical (unpaired) electrons. The van der Waals surface area contributed by atoms with E-state index in [4.69, 9.17) is 21.4 Å². The Labute approximate surface area is 122 Å². The minimum atomic E-state index is -1.01. The number of hydrogen-bond acceptors (Lipinski definition) is 3. The molecule has 110 valence electrons. The van der Waals surface area contributed by atoms with E-state index in [-0.39, 0.29) is 18.9 Å². The third-order valence-electron chi connectivity index (χ3n) is 2.85. The Balaban J connectivity index is 2.89. The van der Waals surface area contributed by atoms with E-state index in [1.54, 1.807) is 25.1 Å². The lowest BCUT2D eigenvalue weighted by Crippen LogP contribution is -2.50. The van der Waals surface area contributed by atoms with E-state index in [0.29, 0.717) is 10.6 Å². The number of carbonyl (C=O) groups is 2. The van der Waals surface area contributed by atoms with Gasteiger partial charge in [-0.15, -0.1) is 0 Å². The molecule has 0 fully saturated rings. The predicted octanol–water partition coefficient (Wildman–Crippen LogP) is 2.26. The van der Waals surface area contributed by atoms with Crippen molar-refractivity contribution in [3.63, 3.8) is 0 Å². The standard InChI is InChI=1S/C14H18ClNO4/c1-9-4-5-10(6-11(9)15)13(19)16-14(2,8-20-3)7-12(17)18/h4-6H,7-8H2,1-3H3,(H,16,19)(H,17,18). The van der Waals surface area contributed by atoms with Crippen molar-refractivity contribution in [1.29, 1.82) is 0 Å². The highest BCUT2D eigenvalue weighted by Crippen LogP contribution is 2.18. The molecule has 0 aliphatic carbocycles. The highest BCUT2D eigenvalue weighted by atomic mass is 35.5. The van der Waals surface area contributed by atoms with Crippen LogP contribution in [0.5, 0.6) is 0 Å². The second-order valence-corrected chi connectivity index (χ2v) is 5.39. The molecule has 1 aromatic carbocycles. The van der Waals surface area contributed by atoms with E-state index >= 15 is 0 Å². The molecule has 1 atom stereocenters. The third-order valence-corrected chi connectivity index (χ3v) is 3.26. The summed E-state index contributed by atoms with van der Waals surface area (Å²) in [5.41, 5.74) is 0.274. The second kappa shape index (κ2) is 6.72. The fourth-order valence-corrected chi connectivity index (χ4v) is 2.04. The van der Waals surface area contributed by atoms with Gasteiger partial charge in [-0.1, -0.05) is 17.7 Å². The van der Waals surface area contributed by atoms with Crippen molar-refractivity contribution in [3.8, 4) is 0 Å². The van der Waals surface area contributed by atoms with Gasteiger partial charge in [0.05, 0.1) is 18.6 Å². The summed E-state index contributed by atoms with van der Waals surface area (Å²) >= 11 is 5.98. The van der Waals surface area contributed by atoms with Crippen LogP contribution in [0.2, 0.25) is 5.02 Å². The Morgan fingerprint density at radius 3 is 2.60 bits per heavy atom. The molecule has 0 aliphatic heterocycles. The van der Waals surface area contributed by atoms with Gasteiger partial charge in [0.15, 0.2) is 0 Å². The SMILES string of the molecule is COCC(C)(CC(=O)O)NC(=O)c1ccc(C)c(Cl)c1. The monoisotopic (exact) mass is 299 g/mol. The average molecular weight is 300 g/mol. The van der Waals surface area contributed by atoms with Crippen LogP contribution in [0.4, 0.5) is 0 Å². The van der Waals surface area contributed by atoms with Crippen molar-refractivity contribution < 1.29 is 19.4 Å². The lowest BCUT2D eigenvalue weighted by Gasteiger charge is -2.28. The van der Waals surface area contributed by atoms with Gasteiger partial charge in [-0.25, -0.2) is 0 Å². The molecule has 5 nitrogen and oxygen atoms in total. The van der Waals surface area contributed by atoms with Crippen molar-refractivity contribution in [2.75, 3.05) is 13.7 Å². The minimum Gasteiger partial charge on any atom is -0.481 e. The van der Waals surface area contributed by atoms with E-state index in [0.717, 1.165) is 5.56 Å². The highest BCUT2D eigenvalue weighted by Gasteiger charge is 2.30. The van der Waals surface area contributed by atoms with Gasteiger partial charge in [-0.2, -0.15) is 0 Å². The van der Waals surface area contributed by atoms with Crippen LogP contribution in [0.3, 0.4) is 0 Å². The second-order valence-electron chi connectivity index (χ2n) is 4.98. The van der Waals surface area contributed by atoms with Crippen LogP contribution in [0, 0.1) is 6.92 Å². The number of carboxylic acid groups (broad SMARTS) is 1. The fraction of sp³-hybridized carbons (Fsp3) is 0.429. The molecule has 2 N–H and O–H groups in total. The van der Waals surface area contributed by atoms with E-state index in [2.05, 4.69) is 5.32 Å². The number of hydrogen-bond donors (Lipinski definition) is 2. The highest BCUT2D eigenvalue weighted by molar-refractivity contribution is 6.31. The van der Waals surface area contributed by atoms with E-state index in [1.165, 1.54) is 7.11 Å². The minimum absolute atomic E-state index is 0.102. The van der Waals surface area contributed by atoms with Crippen LogP contribution in [0.15, 0.2) is 18.2 Å². The molecule has 0 spiro atoms. The van der Waals surface area contributed by atoms with Gasteiger partial charge in [-0.3, -0.25) is 9.59 Å². The summed E-state index contributed by atoms with van der Waals surface area (Å²) in [6.07, 6.45) is -0.230. The molecule has 0 bridgehead atoms. The van der Waals surface area contributed by atoms with Gasteiger partial charge in [0.2, 0.25) is 0 Å². The van der Waals surface area contributed by atoms with Gasteiger partial charge < -0.3 is 15.2 Å². The van der Waals surface area contributed by atoms with Crippen molar-refractivity contribution in [2.45, 2.75) is 25.8 Å². The summed E-state index contributed by atoms with van der Waals surface area (Å²) in [6, 6.07) is 4.94. The summed E-state index contributed by atoms with van der Waals surface area (Å²) < 4.78 is 4.98. The number of aliphatic carboxylic acids is 1. The first-order chi connectivity index (χ1) is 9.27. The maximum atomic E-state index is 12.2. The maximum absolute atomic E-state index is 12.2. The first kappa shape index (κ1) is 16.5. The number of rotatable bonds is 6. The molecule has 1 unspecified atom stereocenters. The lowest BCUT2D eigenvalue weighted by molar-refractivity contribution is -0.139. The average Bonchev–Trinajstić information content (AvgIpc) is 2.31. The van der Waals surface area contributed by atoms with Crippen LogP contribution < -0.4 is 5.32 Å². The van der Waals surface area contributed by atoms with Gasteiger partial charge in [0.25, 0.3) is 5.91 Å². The van der Waals surface area contributed by atoms with E-state index in [1.807, 2.05) is 6.92 Å². The van der Waals surface area contributed by atoms with E-state index in [9.17, 15) is 9.59 Å². The summed E-state index contributed by atoms with van der Waals surface area (Å²) in [4.78, 5) is 23.0. The summed E-state index contributed by atoms with van der Waals surface area (Å²) in [5.74, 6) is -1.39. The number of benzene rings is 1. The van der Waals surface area contributed by atoms with Crippen LogP contribution in [-0.4, -0.2) is 36.2 Å².